The highest BCUT2D eigenvalue weighted by molar-refractivity contribution is 6.04. The molecule has 0 aliphatic rings. The number of pyridine rings is 2. The number of benzene rings is 2. The minimum absolute atomic E-state index is 0.0361. The lowest BCUT2D eigenvalue weighted by molar-refractivity contribution is -0.142. The van der Waals surface area contributed by atoms with Crippen LogP contribution < -0.4 is 20.1 Å². The van der Waals surface area contributed by atoms with Crippen molar-refractivity contribution in [3.05, 3.63) is 100 Å². The van der Waals surface area contributed by atoms with E-state index in [0.29, 0.717) is 34.7 Å². The van der Waals surface area contributed by atoms with Crippen molar-refractivity contribution in [2.24, 2.45) is 5.92 Å². The molecule has 0 aliphatic heterocycles. The number of aliphatic hydroxyl groups excluding tert-OH is 2. The number of ether oxygens (including phenoxy) is 2. The number of ketones is 1. The number of nitrogens with one attached hydrogen (secondary N) is 2. The van der Waals surface area contributed by atoms with Gasteiger partial charge in [0.15, 0.2) is 5.78 Å². The molecule has 54 heavy (non-hydrogen) atoms. The van der Waals surface area contributed by atoms with Crippen molar-refractivity contribution in [1.29, 1.82) is 0 Å². The van der Waals surface area contributed by atoms with Crippen LogP contribution in [-0.2, 0) is 29.0 Å². The Kier molecular flexibility index (Phi) is 14.7. The summed E-state index contributed by atoms with van der Waals surface area (Å²) in [6, 6.07) is 13.3. The third-order valence-electron chi connectivity index (χ3n) is 9.36. The van der Waals surface area contributed by atoms with E-state index in [1.165, 1.54) is 38.7 Å². The molecular weight excluding hydrogens is 696 g/mol. The molecule has 6 N–H and O–H groups in total. The minimum Gasteiger partial charge on any atom is -0.496 e. The summed E-state index contributed by atoms with van der Waals surface area (Å²) in [5.41, 5.74) is 6.27. The number of aliphatic hydroxyl groups is 2. The molecule has 0 unspecified atom stereocenters. The van der Waals surface area contributed by atoms with Gasteiger partial charge in [-0.25, -0.2) is 0 Å². The van der Waals surface area contributed by atoms with E-state index >= 15 is 0 Å². The number of aliphatic carboxylic acids is 2. The molecule has 14 heteroatoms. The number of carboxylic acid groups (broad SMARTS) is 2. The number of nitrogens with zero attached hydrogens (tertiary/aromatic N) is 2. The van der Waals surface area contributed by atoms with Gasteiger partial charge >= 0.3 is 11.9 Å². The number of amides is 1. The molecule has 2 aromatic heterocycles. The summed E-state index contributed by atoms with van der Waals surface area (Å²) in [5.74, 6) is -2.71. The van der Waals surface area contributed by atoms with Crippen molar-refractivity contribution in [3.63, 3.8) is 0 Å². The highest BCUT2D eigenvalue weighted by Gasteiger charge is 2.21. The summed E-state index contributed by atoms with van der Waals surface area (Å²) in [7, 11) is 2.92. The van der Waals surface area contributed by atoms with Crippen molar-refractivity contribution in [3.8, 4) is 22.6 Å². The van der Waals surface area contributed by atoms with E-state index in [9.17, 15) is 34.5 Å². The standard InChI is InChI=1S/C40H46N4O10/c1-23-26(17-35(47)33-18-37(54-4)28(22-42-33)21-41-32(14-16-46)40(51)52)7-5-8-29(23)30-9-6-10-31(24(30)2)44-38(48)34-19-36(53-3)27(20-43-34)12-11-25(13-15-45)39(49)50/h5-10,18-20,22,25,32,41,45-46H,11-17,21H2,1-4H3,(H,44,48)(H,49,50)(H,51,52)/t25-,32-/m1/s1. The SMILES string of the molecule is COc1cc(C(=O)Nc2cccc(-c3cccc(CC(=O)c4cc(OC)c(CN[C@H](CCO)C(=O)O)cn4)c3C)c2C)ncc1CC[C@H](CCO)C(=O)O. The maximum atomic E-state index is 13.5. The van der Waals surface area contributed by atoms with Gasteiger partial charge in [-0.15, -0.1) is 0 Å². The zero-order valence-corrected chi connectivity index (χ0v) is 30.7. The number of rotatable bonds is 20. The number of hydrogen-bond acceptors (Lipinski definition) is 11. The summed E-state index contributed by atoms with van der Waals surface area (Å²) in [6.07, 6.45) is 3.83. The van der Waals surface area contributed by atoms with Gasteiger partial charge in [-0.1, -0.05) is 30.3 Å². The van der Waals surface area contributed by atoms with Crippen LogP contribution in [0.2, 0.25) is 0 Å². The molecule has 0 saturated carbocycles. The predicted molar refractivity (Wildman–Crippen MR) is 200 cm³/mol. The first-order valence-corrected chi connectivity index (χ1v) is 17.4. The van der Waals surface area contributed by atoms with E-state index in [-0.39, 0.29) is 62.6 Å². The van der Waals surface area contributed by atoms with Gasteiger partial charge in [-0.2, -0.15) is 0 Å². The average Bonchev–Trinajstić information content (AvgIpc) is 3.16. The molecule has 0 radical (unpaired) electrons. The average molecular weight is 743 g/mol. The summed E-state index contributed by atoms with van der Waals surface area (Å²) in [6.45, 7) is 3.42. The Balaban J connectivity index is 1.50. The van der Waals surface area contributed by atoms with E-state index in [1.807, 2.05) is 44.2 Å². The van der Waals surface area contributed by atoms with Gasteiger partial charge in [-0.3, -0.25) is 29.1 Å². The fourth-order valence-corrected chi connectivity index (χ4v) is 6.14. The van der Waals surface area contributed by atoms with Crippen molar-refractivity contribution in [2.75, 3.05) is 32.8 Å². The van der Waals surface area contributed by atoms with E-state index in [1.54, 1.807) is 6.07 Å². The van der Waals surface area contributed by atoms with Gasteiger partial charge in [0.1, 0.15) is 28.9 Å². The molecule has 0 bridgehead atoms. The van der Waals surface area contributed by atoms with E-state index in [0.717, 1.165) is 27.8 Å². The van der Waals surface area contributed by atoms with Gasteiger partial charge in [0.2, 0.25) is 0 Å². The van der Waals surface area contributed by atoms with Crippen LogP contribution >= 0.6 is 0 Å². The Labute approximate surface area is 313 Å². The van der Waals surface area contributed by atoms with E-state index in [2.05, 4.69) is 20.6 Å². The highest BCUT2D eigenvalue weighted by atomic mass is 16.5. The number of carbonyl (C=O) groups is 4. The normalized spacial score (nSPS) is 12.1. The van der Waals surface area contributed by atoms with E-state index in [4.69, 9.17) is 14.6 Å². The van der Waals surface area contributed by atoms with Crippen LogP contribution in [0.25, 0.3) is 11.1 Å². The molecule has 0 fully saturated rings. The van der Waals surface area contributed by atoms with E-state index < -0.39 is 29.8 Å². The smallest absolute Gasteiger partial charge is 0.320 e. The number of carbonyl (C=O) groups excluding carboxylic acids is 2. The Morgan fingerprint density at radius 1 is 0.741 bits per heavy atom. The van der Waals surface area contributed by atoms with Crippen LogP contribution in [0.4, 0.5) is 5.69 Å². The second-order valence-electron chi connectivity index (χ2n) is 12.8. The molecule has 14 nitrogen and oxygen atoms in total. The summed E-state index contributed by atoms with van der Waals surface area (Å²) in [5, 5.41) is 42.9. The maximum absolute atomic E-state index is 13.5. The first-order chi connectivity index (χ1) is 25.9. The molecule has 0 spiro atoms. The molecule has 2 aromatic carbocycles. The molecule has 0 aliphatic carbocycles. The van der Waals surface area contributed by atoms with Crippen molar-refractivity contribution >= 4 is 29.3 Å². The van der Waals surface area contributed by atoms with Gasteiger partial charge in [0, 0.05) is 67.5 Å². The van der Waals surface area contributed by atoms with Gasteiger partial charge < -0.3 is 40.5 Å². The maximum Gasteiger partial charge on any atom is 0.320 e. The summed E-state index contributed by atoms with van der Waals surface area (Å²) >= 11 is 0. The molecular formula is C40H46N4O10. The van der Waals surface area contributed by atoms with Crippen LogP contribution in [0, 0.1) is 19.8 Å². The molecule has 4 aromatic rings. The zero-order valence-electron chi connectivity index (χ0n) is 30.7. The first kappa shape index (κ1) is 41.1. The topological polar surface area (TPSA) is 217 Å². The molecule has 2 atom stereocenters. The predicted octanol–water partition coefficient (Wildman–Crippen LogP) is 4.40. The monoisotopic (exact) mass is 742 g/mol. The number of methoxy groups -OCH3 is 2. The fraction of sp³-hybridized carbons (Fsp3) is 0.350. The van der Waals surface area contributed by atoms with Crippen molar-refractivity contribution < 1.29 is 49.1 Å². The third-order valence-corrected chi connectivity index (χ3v) is 9.36. The molecule has 286 valence electrons. The zero-order chi connectivity index (χ0) is 39.4. The van der Waals surface area contributed by atoms with Crippen LogP contribution in [0.15, 0.2) is 60.9 Å². The molecule has 2 heterocycles. The third kappa shape index (κ3) is 10.2. The highest BCUT2D eigenvalue weighted by Crippen LogP contribution is 2.33. The quantitative estimate of drug-likeness (QED) is 0.0693. The number of aryl methyl sites for hydroxylation is 1. The van der Waals surface area contributed by atoms with Gasteiger partial charge in [0.05, 0.1) is 20.1 Å². The second-order valence-corrected chi connectivity index (χ2v) is 12.8. The van der Waals surface area contributed by atoms with Crippen LogP contribution in [0.3, 0.4) is 0 Å². The molecule has 0 saturated heterocycles. The largest absolute Gasteiger partial charge is 0.496 e. The Morgan fingerprint density at radius 3 is 2.00 bits per heavy atom. The van der Waals surface area contributed by atoms with Crippen molar-refractivity contribution in [1.82, 2.24) is 15.3 Å². The number of Topliss-reactive ketones (excluding diaryl/α,β-unsaturated/α-hetero) is 1. The minimum atomic E-state index is -1.09. The lowest BCUT2D eigenvalue weighted by Crippen LogP contribution is -2.37. The number of anilines is 1. The summed E-state index contributed by atoms with van der Waals surface area (Å²) < 4.78 is 11.0. The van der Waals surface area contributed by atoms with Crippen LogP contribution in [0.1, 0.15) is 68.1 Å². The van der Waals surface area contributed by atoms with Crippen LogP contribution in [0.5, 0.6) is 11.5 Å². The van der Waals surface area contributed by atoms with Crippen LogP contribution in [-0.4, -0.2) is 87.5 Å². The number of hydrogen-bond donors (Lipinski definition) is 6. The lowest BCUT2D eigenvalue weighted by atomic mass is 9.91. The first-order valence-electron chi connectivity index (χ1n) is 17.4. The Hall–Kier alpha value is -5.70. The van der Waals surface area contributed by atoms with Gasteiger partial charge in [-0.05, 0) is 73.4 Å². The Bertz CT molecular complexity index is 1840. The lowest BCUT2D eigenvalue weighted by Gasteiger charge is -2.17. The fourth-order valence-electron chi connectivity index (χ4n) is 6.14. The number of aromatic nitrogens is 2. The second kappa shape index (κ2) is 19.4. The molecule has 1 amide bonds. The Morgan fingerprint density at radius 2 is 1.35 bits per heavy atom. The summed E-state index contributed by atoms with van der Waals surface area (Å²) in [4.78, 5) is 58.4. The molecule has 4 rings (SSSR count). The van der Waals surface area contributed by atoms with Crippen molar-refractivity contribution in [2.45, 2.75) is 58.5 Å². The number of carboxylic acids is 2. The van der Waals surface area contributed by atoms with Gasteiger partial charge in [0.25, 0.3) is 5.91 Å².